The van der Waals surface area contributed by atoms with Crippen LogP contribution >= 0.6 is 0 Å². The first-order valence-electron chi connectivity index (χ1n) is 11.2. The van der Waals surface area contributed by atoms with Gasteiger partial charge in [0.15, 0.2) is 5.78 Å². The van der Waals surface area contributed by atoms with Crippen LogP contribution in [0.4, 0.5) is 5.69 Å². The number of rotatable bonds is 6. The van der Waals surface area contributed by atoms with Crippen molar-refractivity contribution < 1.29 is 4.79 Å². The first-order valence-corrected chi connectivity index (χ1v) is 11.2. The van der Waals surface area contributed by atoms with Crippen molar-refractivity contribution in [3.63, 3.8) is 0 Å². The molecule has 2 aliphatic rings. The molecule has 2 heterocycles. The van der Waals surface area contributed by atoms with E-state index in [1.165, 1.54) is 16.8 Å². The molecule has 2 aliphatic heterocycles. The zero-order chi connectivity index (χ0) is 21.8. The number of nitrogens with zero attached hydrogens (tertiary/aromatic N) is 3. The lowest BCUT2D eigenvalue weighted by atomic mass is 9.83. The van der Waals surface area contributed by atoms with Crippen LogP contribution in [0.25, 0.3) is 6.08 Å². The molecular formula is C27H33N3O. The summed E-state index contributed by atoms with van der Waals surface area (Å²) in [5.74, 6) is 0.195. The number of allylic oxidation sites excluding steroid dienone is 1. The normalized spacial score (nSPS) is 20.5. The quantitative estimate of drug-likeness (QED) is 0.661. The molecule has 0 spiro atoms. The Labute approximate surface area is 186 Å². The highest BCUT2D eigenvalue weighted by molar-refractivity contribution is 5.94. The van der Waals surface area contributed by atoms with Crippen LogP contribution in [-0.2, 0) is 10.2 Å². The van der Waals surface area contributed by atoms with Gasteiger partial charge in [-0.3, -0.25) is 14.6 Å². The molecule has 0 bridgehead atoms. The third-order valence-electron chi connectivity index (χ3n) is 6.56. The van der Waals surface area contributed by atoms with Gasteiger partial charge in [-0.1, -0.05) is 74.5 Å². The molecule has 0 atom stereocenters. The smallest absolute Gasteiger partial charge is 0.171 e. The summed E-state index contributed by atoms with van der Waals surface area (Å²) in [7, 11) is 2.06. The molecule has 1 saturated heterocycles. The second kappa shape index (κ2) is 9.21. The van der Waals surface area contributed by atoms with E-state index in [2.05, 4.69) is 96.3 Å². The van der Waals surface area contributed by atoms with E-state index >= 15 is 0 Å². The van der Waals surface area contributed by atoms with Crippen molar-refractivity contribution in [2.75, 3.05) is 51.2 Å². The first-order chi connectivity index (χ1) is 14.9. The van der Waals surface area contributed by atoms with Gasteiger partial charge in [0.05, 0.1) is 6.54 Å². The Kier molecular flexibility index (Phi) is 6.40. The van der Waals surface area contributed by atoms with Crippen LogP contribution in [0, 0.1) is 0 Å². The number of piperazine rings is 1. The number of hydrogen-bond acceptors (Lipinski definition) is 4. The van der Waals surface area contributed by atoms with Gasteiger partial charge in [0.2, 0.25) is 0 Å². The van der Waals surface area contributed by atoms with E-state index in [1.54, 1.807) is 0 Å². The molecule has 162 valence electrons. The number of anilines is 1. The third-order valence-corrected chi connectivity index (χ3v) is 6.56. The van der Waals surface area contributed by atoms with Gasteiger partial charge in [0, 0.05) is 62.6 Å². The second-order valence-corrected chi connectivity index (χ2v) is 9.09. The predicted molar refractivity (Wildman–Crippen MR) is 129 cm³/mol. The van der Waals surface area contributed by atoms with Crippen LogP contribution in [-0.4, -0.2) is 61.9 Å². The molecule has 0 radical (unpaired) electrons. The summed E-state index contributed by atoms with van der Waals surface area (Å²) < 4.78 is 0. The van der Waals surface area contributed by atoms with E-state index in [0.29, 0.717) is 6.54 Å². The molecule has 4 nitrogen and oxygen atoms in total. The topological polar surface area (TPSA) is 26.8 Å². The number of carbonyl (C=O) groups is 1. The highest BCUT2D eigenvalue weighted by Gasteiger charge is 2.38. The van der Waals surface area contributed by atoms with Crippen LogP contribution in [0.2, 0.25) is 0 Å². The molecule has 2 aromatic carbocycles. The van der Waals surface area contributed by atoms with Gasteiger partial charge < -0.3 is 4.90 Å². The SMILES string of the molecule is CN1/C(=C\C(=O)CN2CCN(C/C=C/c3ccccc3)CC2)C(C)(C)c2ccccc21. The Balaban J connectivity index is 1.29. The number of ketones is 1. The lowest BCUT2D eigenvalue weighted by Crippen LogP contribution is -2.47. The summed E-state index contributed by atoms with van der Waals surface area (Å²) in [6.45, 7) is 9.74. The van der Waals surface area contributed by atoms with Crippen molar-refractivity contribution in [2.24, 2.45) is 0 Å². The number of likely N-dealkylation sites (N-methyl/N-ethyl adjacent to an activating group) is 1. The first kappa shape index (κ1) is 21.5. The average Bonchev–Trinajstić information content (AvgIpc) is 2.97. The van der Waals surface area contributed by atoms with Crippen molar-refractivity contribution in [2.45, 2.75) is 19.3 Å². The maximum absolute atomic E-state index is 12.9. The summed E-state index contributed by atoms with van der Waals surface area (Å²) in [5.41, 5.74) is 4.66. The van der Waals surface area contributed by atoms with Gasteiger partial charge in [-0.15, -0.1) is 0 Å². The zero-order valence-electron chi connectivity index (χ0n) is 18.9. The van der Waals surface area contributed by atoms with Gasteiger partial charge in [-0.25, -0.2) is 0 Å². The van der Waals surface area contributed by atoms with Gasteiger partial charge in [0.1, 0.15) is 0 Å². The standard InChI is InChI=1S/C27H33N3O/c1-27(2)24-13-7-8-14-25(24)28(3)26(27)20-23(31)21-30-18-16-29(17-19-30)15-9-12-22-10-5-4-6-11-22/h4-14,20H,15-19,21H2,1-3H3/b12-9+,26-20-. The number of carbonyl (C=O) groups excluding carboxylic acids is 1. The average molecular weight is 416 g/mol. The molecule has 31 heavy (non-hydrogen) atoms. The summed E-state index contributed by atoms with van der Waals surface area (Å²) in [4.78, 5) is 19.8. The number of para-hydroxylation sites is 1. The van der Waals surface area contributed by atoms with E-state index in [0.717, 1.165) is 38.4 Å². The third kappa shape index (κ3) is 4.81. The molecular weight excluding hydrogens is 382 g/mol. The lowest BCUT2D eigenvalue weighted by Gasteiger charge is -2.33. The number of fused-ring (bicyclic) bond motifs is 1. The van der Waals surface area contributed by atoms with Crippen LogP contribution < -0.4 is 4.90 Å². The molecule has 0 unspecified atom stereocenters. The number of hydrogen-bond donors (Lipinski definition) is 0. The second-order valence-electron chi connectivity index (χ2n) is 9.09. The Bertz CT molecular complexity index is 969. The van der Waals surface area contributed by atoms with E-state index < -0.39 is 0 Å². The largest absolute Gasteiger partial charge is 0.347 e. The monoisotopic (exact) mass is 415 g/mol. The fraction of sp³-hybridized carbons (Fsp3) is 0.370. The van der Waals surface area contributed by atoms with Crippen LogP contribution in [0.5, 0.6) is 0 Å². The molecule has 0 saturated carbocycles. The summed E-state index contributed by atoms with van der Waals surface area (Å²) in [5, 5.41) is 0. The lowest BCUT2D eigenvalue weighted by molar-refractivity contribution is -0.116. The van der Waals surface area contributed by atoms with Crippen molar-refractivity contribution in [1.29, 1.82) is 0 Å². The Morgan fingerprint density at radius 1 is 0.935 bits per heavy atom. The minimum absolute atomic E-state index is 0.148. The number of benzene rings is 2. The molecule has 4 heteroatoms. The van der Waals surface area contributed by atoms with Gasteiger partial charge >= 0.3 is 0 Å². The van der Waals surface area contributed by atoms with Crippen LogP contribution in [0.3, 0.4) is 0 Å². The Morgan fingerprint density at radius 3 is 2.29 bits per heavy atom. The van der Waals surface area contributed by atoms with Crippen LogP contribution in [0.15, 0.2) is 72.4 Å². The molecule has 2 aromatic rings. The predicted octanol–water partition coefficient (Wildman–Crippen LogP) is 4.20. The molecule has 0 aliphatic carbocycles. The maximum atomic E-state index is 12.9. The zero-order valence-corrected chi connectivity index (χ0v) is 18.9. The van der Waals surface area contributed by atoms with Gasteiger partial charge in [-0.2, -0.15) is 0 Å². The van der Waals surface area contributed by atoms with E-state index in [-0.39, 0.29) is 11.2 Å². The fourth-order valence-corrected chi connectivity index (χ4v) is 4.71. The Hall–Kier alpha value is -2.69. The van der Waals surface area contributed by atoms with E-state index in [4.69, 9.17) is 0 Å². The molecule has 4 rings (SSSR count). The van der Waals surface area contributed by atoms with E-state index in [9.17, 15) is 4.79 Å². The summed E-state index contributed by atoms with van der Waals surface area (Å²) in [6, 6.07) is 18.8. The summed E-state index contributed by atoms with van der Waals surface area (Å²) in [6.07, 6.45) is 6.28. The maximum Gasteiger partial charge on any atom is 0.171 e. The van der Waals surface area contributed by atoms with Crippen molar-refractivity contribution in [3.8, 4) is 0 Å². The van der Waals surface area contributed by atoms with Crippen molar-refractivity contribution in [1.82, 2.24) is 9.80 Å². The fourth-order valence-electron chi connectivity index (χ4n) is 4.71. The van der Waals surface area contributed by atoms with E-state index in [1.807, 2.05) is 12.1 Å². The summed E-state index contributed by atoms with van der Waals surface area (Å²) >= 11 is 0. The molecule has 0 N–H and O–H groups in total. The van der Waals surface area contributed by atoms with Gasteiger partial charge in [-0.05, 0) is 17.2 Å². The molecule has 0 aromatic heterocycles. The van der Waals surface area contributed by atoms with Crippen molar-refractivity contribution >= 4 is 17.5 Å². The van der Waals surface area contributed by atoms with Crippen molar-refractivity contribution in [3.05, 3.63) is 83.6 Å². The minimum atomic E-state index is -0.148. The highest BCUT2D eigenvalue weighted by atomic mass is 16.1. The molecule has 1 fully saturated rings. The van der Waals surface area contributed by atoms with Crippen LogP contribution in [0.1, 0.15) is 25.0 Å². The van der Waals surface area contributed by atoms with Gasteiger partial charge in [0.25, 0.3) is 0 Å². The Morgan fingerprint density at radius 2 is 1.58 bits per heavy atom. The highest BCUT2D eigenvalue weighted by Crippen LogP contribution is 2.46. The minimum Gasteiger partial charge on any atom is -0.347 e. The molecule has 0 amide bonds.